The van der Waals surface area contributed by atoms with Crippen LogP contribution in [-0.2, 0) is 4.79 Å². The predicted octanol–water partition coefficient (Wildman–Crippen LogP) is 1.88. The normalized spacial score (nSPS) is 22.0. The maximum atomic E-state index is 12.2. The Morgan fingerprint density at radius 1 is 1.69 bits per heavy atom. The summed E-state index contributed by atoms with van der Waals surface area (Å²) in [7, 11) is 1.91. The minimum atomic E-state index is 0.174. The molecule has 0 aromatic carbocycles. The molecule has 1 aliphatic heterocycles. The largest absolute Gasteiger partial charge is 0.338 e. The molecule has 0 spiro atoms. The van der Waals surface area contributed by atoms with E-state index < -0.39 is 0 Å². The number of rotatable bonds is 3. The van der Waals surface area contributed by atoms with Gasteiger partial charge in [0.1, 0.15) is 0 Å². The van der Waals surface area contributed by atoms with Gasteiger partial charge in [0.2, 0.25) is 5.91 Å². The molecule has 1 fully saturated rings. The van der Waals surface area contributed by atoms with Crippen molar-refractivity contribution in [3.8, 4) is 0 Å². The van der Waals surface area contributed by atoms with Crippen LogP contribution < -0.4 is 5.32 Å². The number of hydrogen-bond acceptors (Lipinski definition) is 3. The summed E-state index contributed by atoms with van der Waals surface area (Å²) in [5.41, 5.74) is 0. The lowest BCUT2D eigenvalue weighted by molar-refractivity contribution is -0.135. The molecule has 1 aliphatic rings. The van der Waals surface area contributed by atoms with Crippen molar-refractivity contribution < 1.29 is 4.79 Å². The lowest BCUT2D eigenvalue weighted by Crippen LogP contribution is -2.35. The van der Waals surface area contributed by atoms with E-state index in [4.69, 9.17) is 0 Å². The molecule has 1 amide bonds. The highest BCUT2D eigenvalue weighted by molar-refractivity contribution is 7.10. The molecule has 1 saturated heterocycles. The molecule has 2 heterocycles. The molecule has 4 heteroatoms. The average molecular weight is 238 g/mol. The van der Waals surface area contributed by atoms with E-state index in [2.05, 4.69) is 23.7 Å². The third-order valence-corrected chi connectivity index (χ3v) is 4.34. The molecule has 0 bridgehead atoms. The summed E-state index contributed by atoms with van der Waals surface area (Å²) in [5.74, 6) is 0.443. The van der Waals surface area contributed by atoms with Gasteiger partial charge in [-0.15, -0.1) is 11.3 Å². The topological polar surface area (TPSA) is 32.3 Å². The Morgan fingerprint density at radius 3 is 3.06 bits per heavy atom. The fraction of sp³-hybridized carbons (Fsp3) is 0.583. The molecule has 0 saturated carbocycles. The number of amides is 1. The van der Waals surface area contributed by atoms with Crippen LogP contribution in [0.15, 0.2) is 17.5 Å². The van der Waals surface area contributed by atoms with Gasteiger partial charge in [0.05, 0.1) is 12.0 Å². The van der Waals surface area contributed by atoms with E-state index in [1.54, 1.807) is 11.3 Å². The van der Waals surface area contributed by atoms with Crippen LogP contribution in [0.5, 0.6) is 0 Å². The van der Waals surface area contributed by atoms with Crippen LogP contribution in [-0.4, -0.2) is 30.9 Å². The van der Waals surface area contributed by atoms with Crippen molar-refractivity contribution in [2.75, 3.05) is 20.1 Å². The standard InChI is InChI=1S/C12H18N2OS/c1-9(11-4-3-7-16-11)14(2)12(15)10-5-6-13-8-10/h3-4,7,9-10,13H,5-6,8H2,1-2H3. The van der Waals surface area contributed by atoms with Crippen molar-refractivity contribution in [2.24, 2.45) is 5.92 Å². The molecule has 1 N–H and O–H groups in total. The number of hydrogen-bond donors (Lipinski definition) is 1. The summed E-state index contributed by atoms with van der Waals surface area (Å²) >= 11 is 1.71. The molecule has 1 aromatic heterocycles. The summed E-state index contributed by atoms with van der Waals surface area (Å²) in [6, 6.07) is 4.31. The second kappa shape index (κ2) is 4.97. The number of nitrogens with one attached hydrogen (secondary N) is 1. The first-order valence-electron chi connectivity index (χ1n) is 5.71. The van der Waals surface area contributed by atoms with E-state index in [0.717, 1.165) is 19.5 Å². The van der Waals surface area contributed by atoms with E-state index in [-0.39, 0.29) is 17.9 Å². The molecular formula is C12H18N2OS. The second-order valence-corrected chi connectivity index (χ2v) is 5.31. The minimum Gasteiger partial charge on any atom is -0.338 e. The number of carbonyl (C=O) groups is 1. The van der Waals surface area contributed by atoms with Crippen molar-refractivity contribution >= 4 is 17.2 Å². The SMILES string of the molecule is CC(c1cccs1)N(C)C(=O)C1CCNC1. The van der Waals surface area contributed by atoms with Gasteiger partial charge in [0, 0.05) is 18.5 Å². The van der Waals surface area contributed by atoms with Crippen molar-refractivity contribution in [1.82, 2.24) is 10.2 Å². The summed E-state index contributed by atoms with van der Waals surface area (Å²) in [5, 5.41) is 5.29. The van der Waals surface area contributed by atoms with E-state index in [1.807, 2.05) is 18.0 Å². The van der Waals surface area contributed by atoms with Crippen LogP contribution in [0.3, 0.4) is 0 Å². The molecule has 16 heavy (non-hydrogen) atoms. The van der Waals surface area contributed by atoms with E-state index in [0.29, 0.717) is 0 Å². The van der Waals surface area contributed by atoms with Crippen molar-refractivity contribution in [3.63, 3.8) is 0 Å². The highest BCUT2D eigenvalue weighted by atomic mass is 32.1. The molecule has 1 aromatic rings. The fourth-order valence-electron chi connectivity index (χ4n) is 2.06. The van der Waals surface area contributed by atoms with E-state index >= 15 is 0 Å². The smallest absolute Gasteiger partial charge is 0.227 e. The van der Waals surface area contributed by atoms with Gasteiger partial charge in [-0.2, -0.15) is 0 Å². The van der Waals surface area contributed by atoms with E-state index in [1.165, 1.54) is 4.88 Å². The first-order chi connectivity index (χ1) is 7.70. The Labute approximate surface area is 100 Å². The van der Waals surface area contributed by atoms with Crippen molar-refractivity contribution in [3.05, 3.63) is 22.4 Å². The van der Waals surface area contributed by atoms with Crippen molar-refractivity contribution in [1.29, 1.82) is 0 Å². The van der Waals surface area contributed by atoms with Crippen molar-refractivity contribution in [2.45, 2.75) is 19.4 Å². The van der Waals surface area contributed by atoms with Gasteiger partial charge in [-0.3, -0.25) is 4.79 Å². The van der Waals surface area contributed by atoms with Gasteiger partial charge >= 0.3 is 0 Å². The molecule has 0 radical (unpaired) electrons. The van der Waals surface area contributed by atoms with E-state index in [9.17, 15) is 4.79 Å². The quantitative estimate of drug-likeness (QED) is 0.872. The molecular weight excluding hydrogens is 220 g/mol. The van der Waals surface area contributed by atoms with Gasteiger partial charge in [-0.1, -0.05) is 6.07 Å². The lowest BCUT2D eigenvalue weighted by Gasteiger charge is -2.26. The van der Waals surface area contributed by atoms with Crippen LogP contribution in [0.2, 0.25) is 0 Å². The van der Waals surface area contributed by atoms with Crippen LogP contribution in [0.25, 0.3) is 0 Å². The predicted molar refractivity (Wildman–Crippen MR) is 66.5 cm³/mol. The van der Waals surface area contributed by atoms with Gasteiger partial charge < -0.3 is 10.2 Å². The number of thiophene rings is 1. The maximum absolute atomic E-state index is 12.2. The Hall–Kier alpha value is -0.870. The Bertz CT molecular complexity index is 344. The zero-order valence-electron chi connectivity index (χ0n) is 9.77. The third kappa shape index (κ3) is 2.28. The number of nitrogens with zero attached hydrogens (tertiary/aromatic N) is 1. The zero-order chi connectivity index (χ0) is 11.5. The minimum absolute atomic E-state index is 0.174. The van der Waals surface area contributed by atoms with Crippen LogP contribution in [0, 0.1) is 5.92 Å². The molecule has 0 aliphatic carbocycles. The average Bonchev–Trinajstić information content (AvgIpc) is 2.97. The van der Waals surface area contributed by atoms with Crippen LogP contribution >= 0.6 is 11.3 Å². The van der Waals surface area contributed by atoms with Crippen LogP contribution in [0.1, 0.15) is 24.3 Å². The first kappa shape index (κ1) is 11.6. The van der Waals surface area contributed by atoms with Gasteiger partial charge in [-0.25, -0.2) is 0 Å². The maximum Gasteiger partial charge on any atom is 0.227 e. The Morgan fingerprint density at radius 2 is 2.50 bits per heavy atom. The molecule has 3 nitrogen and oxygen atoms in total. The monoisotopic (exact) mass is 238 g/mol. The molecule has 2 rings (SSSR count). The number of carbonyl (C=O) groups excluding carboxylic acids is 1. The van der Waals surface area contributed by atoms with Gasteiger partial charge in [0.15, 0.2) is 0 Å². The Kier molecular flexibility index (Phi) is 3.61. The summed E-state index contributed by atoms with van der Waals surface area (Å²) in [6.07, 6.45) is 0.973. The molecule has 88 valence electrons. The fourth-order valence-corrected chi connectivity index (χ4v) is 2.89. The summed E-state index contributed by atoms with van der Waals surface area (Å²) < 4.78 is 0. The third-order valence-electron chi connectivity index (χ3n) is 3.29. The lowest BCUT2D eigenvalue weighted by atomic mass is 10.1. The van der Waals surface area contributed by atoms with Gasteiger partial charge in [-0.05, 0) is 31.3 Å². The highest BCUT2D eigenvalue weighted by Gasteiger charge is 2.28. The van der Waals surface area contributed by atoms with Crippen LogP contribution in [0.4, 0.5) is 0 Å². The summed E-state index contributed by atoms with van der Waals surface area (Å²) in [6.45, 7) is 3.89. The first-order valence-corrected chi connectivity index (χ1v) is 6.59. The molecule has 2 atom stereocenters. The summed E-state index contributed by atoms with van der Waals surface area (Å²) in [4.78, 5) is 15.3. The van der Waals surface area contributed by atoms with Gasteiger partial charge in [0.25, 0.3) is 0 Å². The highest BCUT2D eigenvalue weighted by Crippen LogP contribution is 2.25. The molecule has 2 unspecified atom stereocenters. The Balaban J connectivity index is 2.01. The second-order valence-electron chi connectivity index (χ2n) is 4.33. The zero-order valence-corrected chi connectivity index (χ0v) is 10.6.